The van der Waals surface area contributed by atoms with E-state index in [0.29, 0.717) is 28.0 Å². The average Bonchev–Trinajstić information content (AvgIpc) is 3.16. The maximum Gasteiger partial charge on any atom is 0.255 e. The van der Waals surface area contributed by atoms with Crippen molar-refractivity contribution in [1.29, 1.82) is 0 Å². The molecule has 0 bridgehead atoms. The molecule has 8 heteroatoms. The van der Waals surface area contributed by atoms with Crippen LogP contribution in [0.4, 0.5) is 0 Å². The van der Waals surface area contributed by atoms with E-state index in [1.54, 1.807) is 50.8 Å². The molecule has 29 heavy (non-hydrogen) atoms. The minimum atomic E-state index is -1.29. The second-order valence-corrected chi connectivity index (χ2v) is 6.85. The Morgan fingerprint density at radius 2 is 1.86 bits per heavy atom. The smallest absolute Gasteiger partial charge is 0.255 e. The predicted molar refractivity (Wildman–Crippen MR) is 108 cm³/mol. The quantitative estimate of drug-likeness (QED) is 0.494. The number of aromatic hydroxyl groups is 1. The third-order valence-electron chi connectivity index (χ3n) is 4.67. The maximum atomic E-state index is 12.1. The number of likely N-dealkylation sites (N-methyl/N-ethyl adjacent to an activating group) is 1. The standard InChI is InChI=1S/C21H19N5O3/c1-26(2)21(29)19(28)14-7-12(9-22-10-14)13-8-16-18(24-25-20(16)23-11-13)15-5-3-4-6-17(15)27/h3-11,19,27-28H,1-2H3,(H,23,24,25). The first-order valence-electron chi connectivity index (χ1n) is 8.92. The molecule has 0 aliphatic carbocycles. The van der Waals surface area contributed by atoms with Crippen LogP contribution in [0.2, 0.25) is 0 Å². The van der Waals surface area contributed by atoms with Gasteiger partial charge in [0.2, 0.25) is 0 Å². The lowest BCUT2D eigenvalue weighted by molar-refractivity contribution is -0.137. The summed E-state index contributed by atoms with van der Waals surface area (Å²) in [5.74, 6) is -0.286. The van der Waals surface area contributed by atoms with Crippen molar-refractivity contribution in [3.8, 4) is 28.1 Å². The summed E-state index contributed by atoms with van der Waals surface area (Å²) in [6.45, 7) is 0. The summed E-state index contributed by atoms with van der Waals surface area (Å²) in [5.41, 5.74) is 3.63. The van der Waals surface area contributed by atoms with E-state index in [0.717, 1.165) is 10.9 Å². The van der Waals surface area contributed by atoms with Gasteiger partial charge < -0.3 is 15.1 Å². The zero-order valence-electron chi connectivity index (χ0n) is 15.9. The second kappa shape index (κ2) is 7.33. The number of H-pyrrole nitrogens is 1. The molecule has 0 fully saturated rings. The topological polar surface area (TPSA) is 115 Å². The fraction of sp³-hybridized carbons (Fsp3) is 0.143. The molecular weight excluding hydrogens is 370 g/mol. The van der Waals surface area contributed by atoms with Crippen LogP contribution in [-0.4, -0.2) is 55.3 Å². The molecule has 1 amide bonds. The molecule has 0 radical (unpaired) electrons. The number of carbonyl (C=O) groups excluding carboxylic acids is 1. The number of amides is 1. The molecule has 0 spiro atoms. The van der Waals surface area contributed by atoms with Crippen molar-refractivity contribution < 1.29 is 15.0 Å². The van der Waals surface area contributed by atoms with Crippen molar-refractivity contribution in [3.63, 3.8) is 0 Å². The molecular formula is C21H19N5O3. The van der Waals surface area contributed by atoms with E-state index in [9.17, 15) is 15.0 Å². The molecule has 0 saturated carbocycles. The van der Waals surface area contributed by atoms with E-state index in [4.69, 9.17) is 0 Å². The van der Waals surface area contributed by atoms with Gasteiger partial charge in [0.15, 0.2) is 11.8 Å². The molecule has 1 atom stereocenters. The van der Waals surface area contributed by atoms with Crippen LogP contribution in [0.15, 0.2) is 55.0 Å². The highest BCUT2D eigenvalue weighted by Gasteiger charge is 2.20. The normalized spacial score (nSPS) is 12.1. The van der Waals surface area contributed by atoms with Gasteiger partial charge in [-0.3, -0.25) is 14.9 Å². The van der Waals surface area contributed by atoms with E-state index in [1.165, 1.54) is 11.1 Å². The molecule has 1 unspecified atom stereocenters. The molecule has 0 aliphatic heterocycles. The van der Waals surface area contributed by atoms with Crippen molar-refractivity contribution in [2.45, 2.75) is 6.10 Å². The van der Waals surface area contributed by atoms with E-state index in [2.05, 4.69) is 20.2 Å². The van der Waals surface area contributed by atoms with E-state index in [-0.39, 0.29) is 5.75 Å². The summed E-state index contributed by atoms with van der Waals surface area (Å²) in [4.78, 5) is 21.9. The first-order valence-corrected chi connectivity index (χ1v) is 8.92. The number of hydrogen-bond donors (Lipinski definition) is 3. The van der Waals surface area contributed by atoms with Crippen molar-refractivity contribution in [2.75, 3.05) is 14.1 Å². The fourth-order valence-electron chi connectivity index (χ4n) is 3.10. The molecule has 0 aliphatic rings. The SMILES string of the molecule is CN(C)C(=O)C(O)c1cncc(-c2cnc3n[nH]c(-c4ccccc4O)c3c2)c1. The van der Waals surface area contributed by atoms with Gasteiger partial charge in [0.1, 0.15) is 5.75 Å². The lowest BCUT2D eigenvalue weighted by atomic mass is 10.0. The molecule has 3 aromatic heterocycles. The number of phenolic OH excluding ortho intramolecular Hbond substituents is 1. The second-order valence-electron chi connectivity index (χ2n) is 6.85. The zero-order chi connectivity index (χ0) is 20.5. The van der Waals surface area contributed by atoms with Gasteiger partial charge in [-0.1, -0.05) is 12.1 Å². The number of pyridine rings is 2. The van der Waals surface area contributed by atoms with Gasteiger partial charge in [-0.15, -0.1) is 0 Å². The summed E-state index contributed by atoms with van der Waals surface area (Å²) >= 11 is 0. The number of para-hydroxylation sites is 1. The molecule has 0 saturated heterocycles. The van der Waals surface area contributed by atoms with Crippen LogP contribution >= 0.6 is 0 Å². The van der Waals surface area contributed by atoms with Crippen LogP contribution in [-0.2, 0) is 4.79 Å². The summed E-state index contributed by atoms with van der Waals surface area (Å²) in [6.07, 6.45) is 3.46. The van der Waals surface area contributed by atoms with Gasteiger partial charge in [-0.25, -0.2) is 4.98 Å². The molecule has 1 aromatic carbocycles. The number of carbonyl (C=O) groups is 1. The molecule has 3 heterocycles. The first-order chi connectivity index (χ1) is 14.0. The molecule has 3 N–H and O–H groups in total. The molecule has 4 aromatic rings. The Morgan fingerprint density at radius 3 is 2.62 bits per heavy atom. The minimum absolute atomic E-state index is 0.137. The Bertz CT molecular complexity index is 1200. The highest BCUT2D eigenvalue weighted by molar-refractivity contribution is 5.94. The number of nitrogens with zero attached hydrogens (tertiary/aromatic N) is 4. The van der Waals surface area contributed by atoms with Crippen LogP contribution in [0.25, 0.3) is 33.4 Å². The average molecular weight is 389 g/mol. The van der Waals surface area contributed by atoms with Gasteiger partial charge >= 0.3 is 0 Å². The van der Waals surface area contributed by atoms with Gasteiger partial charge in [-0.05, 0) is 24.3 Å². The molecule has 146 valence electrons. The number of aromatic amines is 1. The lowest BCUT2D eigenvalue weighted by Gasteiger charge is -2.16. The van der Waals surface area contributed by atoms with Gasteiger partial charge in [-0.2, -0.15) is 5.10 Å². The highest BCUT2D eigenvalue weighted by Crippen LogP contribution is 2.34. The van der Waals surface area contributed by atoms with Crippen LogP contribution in [0.1, 0.15) is 11.7 Å². The van der Waals surface area contributed by atoms with Gasteiger partial charge in [0.25, 0.3) is 5.91 Å². The molecule has 8 nitrogen and oxygen atoms in total. The Balaban J connectivity index is 1.78. The van der Waals surface area contributed by atoms with E-state index >= 15 is 0 Å². The van der Waals surface area contributed by atoms with Crippen molar-refractivity contribution in [1.82, 2.24) is 25.1 Å². The number of nitrogens with one attached hydrogen (secondary N) is 1. The number of aliphatic hydroxyl groups is 1. The number of fused-ring (bicyclic) bond motifs is 1. The summed E-state index contributed by atoms with van der Waals surface area (Å²) in [7, 11) is 3.17. The lowest BCUT2D eigenvalue weighted by Crippen LogP contribution is -2.28. The first kappa shape index (κ1) is 18.6. The summed E-state index contributed by atoms with van der Waals surface area (Å²) in [5, 5.41) is 28.4. The summed E-state index contributed by atoms with van der Waals surface area (Å²) < 4.78 is 0. The number of benzene rings is 1. The third-order valence-corrected chi connectivity index (χ3v) is 4.67. The Kier molecular flexibility index (Phi) is 4.69. The Hall–Kier alpha value is -3.78. The number of phenols is 1. The van der Waals surface area contributed by atoms with Gasteiger partial charge in [0.05, 0.1) is 5.69 Å². The monoisotopic (exact) mass is 389 g/mol. The van der Waals surface area contributed by atoms with E-state index < -0.39 is 12.0 Å². The zero-order valence-corrected chi connectivity index (χ0v) is 15.9. The Morgan fingerprint density at radius 1 is 1.10 bits per heavy atom. The van der Waals surface area contributed by atoms with Crippen molar-refractivity contribution >= 4 is 16.9 Å². The number of aliphatic hydroxyl groups excluding tert-OH is 1. The molecule has 4 rings (SSSR count). The Labute approximate surface area is 166 Å². The third kappa shape index (κ3) is 3.41. The largest absolute Gasteiger partial charge is 0.507 e. The summed E-state index contributed by atoms with van der Waals surface area (Å²) in [6, 6.07) is 10.6. The number of rotatable bonds is 4. The predicted octanol–water partition coefficient (Wildman–Crippen LogP) is 2.51. The van der Waals surface area contributed by atoms with Crippen LogP contribution in [0.5, 0.6) is 5.75 Å². The number of hydrogen-bond acceptors (Lipinski definition) is 6. The van der Waals surface area contributed by atoms with Crippen LogP contribution in [0, 0.1) is 0 Å². The van der Waals surface area contributed by atoms with Gasteiger partial charge in [0, 0.05) is 60.3 Å². The van der Waals surface area contributed by atoms with Crippen LogP contribution < -0.4 is 0 Å². The van der Waals surface area contributed by atoms with Crippen LogP contribution in [0.3, 0.4) is 0 Å². The van der Waals surface area contributed by atoms with E-state index in [1.807, 2.05) is 12.1 Å². The number of aromatic nitrogens is 4. The van der Waals surface area contributed by atoms with Crippen molar-refractivity contribution in [2.24, 2.45) is 0 Å². The van der Waals surface area contributed by atoms with Crippen molar-refractivity contribution in [3.05, 3.63) is 60.6 Å². The highest BCUT2D eigenvalue weighted by atomic mass is 16.3. The fourth-order valence-corrected chi connectivity index (χ4v) is 3.10. The minimum Gasteiger partial charge on any atom is -0.507 e. The maximum absolute atomic E-state index is 12.1.